The summed E-state index contributed by atoms with van der Waals surface area (Å²) in [5, 5.41) is 6.76. The van der Waals surface area contributed by atoms with Crippen LogP contribution >= 0.6 is 11.6 Å². The third-order valence-corrected chi connectivity index (χ3v) is 2.35. The summed E-state index contributed by atoms with van der Waals surface area (Å²) < 4.78 is 36.9. The molecule has 7 heteroatoms. The van der Waals surface area contributed by atoms with Crippen LogP contribution in [0.25, 0.3) is 0 Å². The van der Waals surface area contributed by atoms with E-state index >= 15 is 0 Å². The van der Waals surface area contributed by atoms with Gasteiger partial charge in [-0.1, -0.05) is 0 Å². The molecule has 0 atom stereocenters. The van der Waals surface area contributed by atoms with Crippen LogP contribution in [0.3, 0.4) is 0 Å². The third-order valence-electron chi connectivity index (χ3n) is 2.18. The highest BCUT2D eigenvalue weighted by Crippen LogP contribution is 2.27. The molecule has 0 aliphatic heterocycles. The van der Waals surface area contributed by atoms with Gasteiger partial charge in [0.05, 0.1) is 0 Å². The second-order valence-corrected chi connectivity index (χ2v) is 4.13. The number of rotatable bonds is 4. The Bertz CT molecular complexity index is 351. The van der Waals surface area contributed by atoms with Crippen molar-refractivity contribution in [1.82, 2.24) is 10.2 Å². The van der Waals surface area contributed by atoms with Crippen LogP contribution in [0.1, 0.15) is 19.5 Å². The fraction of sp³-hybridized carbons (Fsp3) is 0.600. The van der Waals surface area contributed by atoms with Crippen molar-refractivity contribution >= 4 is 17.4 Å². The summed E-state index contributed by atoms with van der Waals surface area (Å²) in [5.74, 6) is 0.773. The lowest BCUT2D eigenvalue weighted by Gasteiger charge is -2.26. The summed E-state index contributed by atoms with van der Waals surface area (Å²) in [5.41, 5.74) is -0.990. The van der Waals surface area contributed by atoms with Crippen molar-refractivity contribution < 1.29 is 13.2 Å². The minimum Gasteiger partial charge on any atom is -0.352 e. The molecule has 0 unspecified atom stereocenters. The van der Waals surface area contributed by atoms with Crippen molar-refractivity contribution in [3.05, 3.63) is 17.8 Å². The summed E-state index contributed by atoms with van der Waals surface area (Å²) in [7, 11) is 0. The smallest absolute Gasteiger partial charge is 0.352 e. The molecule has 0 fully saturated rings. The van der Waals surface area contributed by atoms with E-state index in [4.69, 9.17) is 11.6 Å². The van der Waals surface area contributed by atoms with Crippen molar-refractivity contribution in [3.63, 3.8) is 0 Å². The highest BCUT2D eigenvalue weighted by atomic mass is 35.5. The molecular formula is C10H13ClF3N3. The Kier molecular flexibility index (Phi) is 4.56. The van der Waals surface area contributed by atoms with E-state index in [1.54, 1.807) is 4.90 Å². The molecule has 1 rings (SSSR count). The predicted molar refractivity (Wildman–Crippen MR) is 60.2 cm³/mol. The Hall–Kier alpha value is -1.04. The van der Waals surface area contributed by atoms with Crippen LogP contribution in [0.2, 0.25) is 0 Å². The van der Waals surface area contributed by atoms with Gasteiger partial charge in [-0.25, -0.2) is 0 Å². The molecule has 0 spiro atoms. The number of anilines is 1. The van der Waals surface area contributed by atoms with Gasteiger partial charge < -0.3 is 4.90 Å². The summed E-state index contributed by atoms with van der Waals surface area (Å²) in [6.45, 7) is 4.33. The lowest BCUT2D eigenvalue weighted by Crippen LogP contribution is -2.33. The molecule has 1 heterocycles. The molecule has 0 bridgehead atoms. The number of halogens is 4. The molecule has 1 aromatic rings. The first-order chi connectivity index (χ1) is 7.86. The highest BCUT2D eigenvalue weighted by molar-refractivity contribution is 6.18. The van der Waals surface area contributed by atoms with Crippen molar-refractivity contribution in [2.24, 2.45) is 0 Å². The highest BCUT2D eigenvalue weighted by Gasteiger charge is 2.33. The lowest BCUT2D eigenvalue weighted by atomic mass is 10.3. The Labute approximate surface area is 103 Å². The number of alkyl halides is 4. The van der Waals surface area contributed by atoms with Crippen molar-refractivity contribution in [1.29, 1.82) is 0 Å². The minimum atomic E-state index is -4.46. The molecule has 17 heavy (non-hydrogen) atoms. The molecular weight excluding hydrogens is 255 g/mol. The van der Waals surface area contributed by atoms with Gasteiger partial charge in [-0.3, -0.25) is 0 Å². The van der Waals surface area contributed by atoms with Gasteiger partial charge in [-0.15, -0.1) is 21.8 Å². The Morgan fingerprint density at radius 1 is 1.29 bits per heavy atom. The number of aromatic nitrogens is 2. The van der Waals surface area contributed by atoms with Gasteiger partial charge in [-0.2, -0.15) is 13.2 Å². The van der Waals surface area contributed by atoms with Crippen LogP contribution in [-0.4, -0.2) is 28.7 Å². The van der Waals surface area contributed by atoms with Gasteiger partial charge in [0.25, 0.3) is 0 Å². The average molecular weight is 268 g/mol. The van der Waals surface area contributed by atoms with Crippen molar-refractivity contribution in [2.45, 2.75) is 26.1 Å². The maximum atomic E-state index is 12.3. The van der Waals surface area contributed by atoms with E-state index in [1.807, 2.05) is 13.8 Å². The fourth-order valence-electron chi connectivity index (χ4n) is 1.36. The SMILES string of the molecule is CC(C)N(CCCl)c1ccc(C(F)(F)F)nn1. The standard InChI is InChI=1S/C10H13ClF3N3/c1-7(2)17(6-5-11)9-4-3-8(15-16-9)10(12,13)14/h3-4,7H,5-6H2,1-2H3. The lowest BCUT2D eigenvalue weighted by molar-refractivity contribution is -0.141. The zero-order valence-corrected chi connectivity index (χ0v) is 10.3. The first-order valence-corrected chi connectivity index (χ1v) is 5.63. The largest absolute Gasteiger partial charge is 0.435 e. The molecule has 3 nitrogen and oxygen atoms in total. The van der Waals surface area contributed by atoms with Crippen LogP contribution in [0.5, 0.6) is 0 Å². The number of nitrogens with zero attached hydrogens (tertiary/aromatic N) is 3. The zero-order chi connectivity index (χ0) is 13.1. The van der Waals surface area contributed by atoms with Crippen molar-refractivity contribution in [2.75, 3.05) is 17.3 Å². The van der Waals surface area contributed by atoms with Gasteiger partial charge in [0.1, 0.15) is 0 Å². The van der Waals surface area contributed by atoms with E-state index in [0.29, 0.717) is 18.2 Å². The fourth-order valence-corrected chi connectivity index (χ4v) is 1.54. The summed E-state index contributed by atoms with van der Waals surface area (Å²) >= 11 is 5.62. The second kappa shape index (κ2) is 5.53. The molecule has 0 aliphatic rings. The monoisotopic (exact) mass is 267 g/mol. The zero-order valence-electron chi connectivity index (χ0n) is 9.50. The van der Waals surface area contributed by atoms with Crippen LogP contribution in [-0.2, 0) is 6.18 Å². The molecule has 96 valence electrons. The van der Waals surface area contributed by atoms with Gasteiger partial charge in [-0.05, 0) is 26.0 Å². The predicted octanol–water partition coefficient (Wildman–Crippen LogP) is 2.95. The van der Waals surface area contributed by atoms with E-state index in [0.717, 1.165) is 6.07 Å². The molecule has 1 aromatic heterocycles. The van der Waals surface area contributed by atoms with Crippen LogP contribution < -0.4 is 4.90 Å². The van der Waals surface area contributed by atoms with Gasteiger partial charge in [0, 0.05) is 18.5 Å². The maximum absolute atomic E-state index is 12.3. The van der Waals surface area contributed by atoms with Crippen LogP contribution in [0.4, 0.5) is 19.0 Å². The first-order valence-electron chi connectivity index (χ1n) is 5.09. The molecule has 0 aliphatic carbocycles. The molecule has 0 aromatic carbocycles. The number of hydrogen-bond donors (Lipinski definition) is 0. The summed E-state index contributed by atoms with van der Waals surface area (Å²) in [6.07, 6.45) is -4.46. The Morgan fingerprint density at radius 2 is 1.94 bits per heavy atom. The molecule has 0 saturated carbocycles. The van der Waals surface area contributed by atoms with E-state index < -0.39 is 11.9 Å². The molecule has 0 saturated heterocycles. The number of hydrogen-bond acceptors (Lipinski definition) is 3. The van der Waals surface area contributed by atoms with Crippen LogP contribution in [0.15, 0.2) is 12.1 Å². The van der Waals surface area contributed by atoms with E-state index in [1.165, 1.54) is 6.07 Å². The molecule has 0 N–H and O–H groups in total. The van der Waals surface area contributed by atoms with E-state index in [-0.39, 0.29) is 6.04 Å². The molecule has 0 amide bonds. The van der Waals surface area contributed by atoms with Crippen LogP contribution in [0, 0.1) is 0 Å². The minimum absolute atomic E-state index is 0.0970. The quantitative estimate of drug-likeness (QED) is 0.786. The van der Waals surface area contributed by atoms with E-state index in [9.17, 15) is 13.2 Å². The Morgan fingerprint density at radius 3 is 2.29 bits per heavy atom. The topological polar surface area (TPSA) is 29.0 Å². The van der Waals surface area contributed by atoms with Crippen molar-refractivity contribution in [3.8, 4) is 0 Å². The van der Waals surface area contributed by atoms with E-state index in [2.05, 4.69) is 10.2 Å². The summed E-state index contributed by atoms with van der Waals surface area (Å²) in [6, 6.07) is 2.33. The second-order valence-electron chi connectivity index (χ2n) is 3.75. The normalized spacial score (nSPS) is 11.9. The van der Waals surface area contributed by atoms with Gasteiger partial charge in [0.15, 0.2) is 11.5 Å². The Balaban J connectivity index is 2.92. The third kappa shape index (κ3) is 3.73. The first kappa shape index (κ1) is 14.0. The average Bonchev–Trinajstić information content (AvgIpc) is 2.24. The molecule has 0 radical (unpaired) electrons. The maximum Gasteiger partial charge on any atom is 0.435 e. The summed E-state index contributed by atoms with van der Waals surface area (Å²) in [4.78, 5) is 1.79. The van der Waals surface area contributed by atoms with Gasteiger partial charge in [0.2, 0.25) is 0 Å². The van der Waals surface area contributed by atoms with Gasteiger partial charge >= 0.3 is 6.18 Å².